The van der Waals surface area contributed by atoms with Crippen LogP contribution in [0.4, 0.5) is 0 Å². The van der Waals surface area contributed by atoms with Crippen molar-refractivity contribution < 1.29 is 9.47 Å². The van der Waals surface area contributed by atoms with Crippen molar-refractivity contribution in [2.24, 2.45) is 5.41 Å². The Morgan fingerprint density at radius 1 is 1.11 bits per heavy atom. The van der Waals surface area contributed by atoms with Gasteiger partial charge in [-0.15, -0.1) is 0 Å². The summed E-state index contributed by atoms with van der Waals surface area (Å²) in [5.41, 5.74) is 0.182. The average Bonchev–Trinajstić information content (AvgIpc) is 2.38. The molecule has 1 aromatic carbocycles. The third-order valence-corrected chi connectivity index (χ3v) is 3.16. The van der Waals surface area contributed by atoms with Crippen molar-refractivity contribution in [3.05, 3.63) is 24.3 Å². The van der Waals surface area contributed by atoms with E-state index in [2.05, 4.69) is 33.0 Å². The van der Waals surface area contributed by atoms with Crippen LogP contribution in [0.1, 0.15) is 34.1 Å². The van der Waals surface area contributed by atoms with E-state index in [0.717, 1.165) is 24.5 Å². The van der Waals surface area contributed by atoms with Crippen LogP contribution in [0.25, 0.3) is 0 Å². The van der Waals surface area contributed by atoms with Gasteiger partial charge in [-0.3, -0.25) is 0 Å². The Balaban J connectivity index is 2.54. The summed E-state index contributed by atoms with van der Waals surface area (Å²) in [6, 6.07) is 8.06. The normalized spacial score (nSPS) is 13.1. The summed E-state index contributed by atoms with van der Waals surface area (Å²) < 4.78 is 11.0. The fourth-order valence-corrected chi connectivity index (χ4v) is 1.79. The lowest BCUT2D eigenvalue weighted by Gasteiger charge is -2.31. The van der Waals surface area contributed by atoms with Gasteiger partial charge >= 0.3 is 0 Å². The lowest BCUT2D eigenvalue weighted by Crippen LogP contribution is -2.45. The molecule has 108 valence electrons. The number of nitrogens with one attached hydrogen (secondary N) is 1. The van der Waals surface area contributed by atoms with Gasteiger partial charge in [-0.1, -0.05) is 27.7 Å². The first-order chi connectivity index (χ1) is 8.97. The molecule has 1 N–H and O–H groups in total. The van der Waals surface area contributed by atoms with E-state index in [1.807, 2.05) is 24.3 Å². The molecule has 0 aliphatic rings. The summed E-state index contributed by atoms with van der Waals surface area (Å²) in [5, 5.41) is 3.55. The maximum absolute atomic E-state index is 5.87. The van der Waals surface area contributed by atoms with Crippen molar-refractivity contribution >= 4 is 0 Å². The molecule has 0 radical (unpaired) electrons. The van der Waals surface area contributed by atoms with Gasteiger partial charge in [0.25, 0.3) is 0 Å². The van der Waals surface area contributed by atoms with Crippen LogP contribution in [0, 0.1) is 5.41 Å². The molecule has 1 unspecified atom stereocenters. The van der Waals surface area contributed by atoms with Crippen molar-refractivity contribution in [3.63, 3.8) is 0 Å². The Labute approximate surface area is 117 Å². The zero-order valence-electron chi connectivity index (χ0n) is 12.8. The van der Waals surface area contributed by atoms with E-state index < -0.39 is 0 Å². The molecule has 0 amide bonds. The van der Waals surface area contributed by atoms with Crippen LogP contribution in [-0.2, 0) is 0 Å². The van der Waals surface area contributed by atoms with E-state index >= 15 is 0 Å². The van der Waals surface area contributed by atoms with Crippen LogP contribution < -0.4 is 14.8 Å². The van der Waals surface area contributed by atoms with E-state index in [-0.39, 0.29) is 5.41 Å². The second kappa shape index (κ2) is 7.39. The molecular weight excluding hydrogens is 238 g/mol. The Bertz CT molecular complexity index is 354. The van der Waals surface area contributed by atoms with Gasteiger partial charge < -0.3 is 14.8 Å². The maximum atomic E-state index is 5.87. The van der Waals surface area contributed by atoms with Crippen molar-refractivity contribution in [1.29, 1.82) is 0 Å². The van der Waals surface area contributed by atoms with E-state index in [4.69, 9.17) is 9.47 Å². The minimum Gasteiger partial charge on any atom is -0.497 e. The summed E-state index contributed by atoms with van der Waals surface area (Å²) in [6.45, 7) is 10.6. The maximum Gasteiger partial charge on any atom is 0.119 e. The van der Waals surface area contributed by atoms with Gasteiger partial charge in [0.2, 0.25) is 0 Å². The van der Waals surface area contributed by atoms with E-state index in [0.29, 0.717) is 12.6 Å². The average molecular weight is 265 g/mol. The third kappa shape index (κ3) is 5.52. The van der Waals surface area contributed by atoms with Crippen LogP contribution >= 0.6 is 0 Å². The molecule has 0 bridgehead atoms. The van der Waals surface area contributed by atoms with Crippen LogP contribution in [0.5, 0.6) is 11.5 Å². The molecule has 0 saturated carbocycles. The molecule has 0 spiro atoms. The molecule has 1 rings (SSSR count). The Hall–Kier alpha value is -1.22. The van der Waals surface area contributed by atoms with Gasteiger partial charge in [0.15, 0.2) is 0 Å². The molecule has 0 fully saturated rings. The Kier molecular flexibility index (Phi) is 6.16. The Morgan fingerprint density at radius 2 is 1.68 bits per heavy atom. The lowest BCUT2D eigenvalue weighted by molar-refractivity contribution is 0.174. The summed E-state index contributed by atoms with van der Waals surface area (Å²) in [5.74, 6) is 1.73. The number of methoxy groups -OCH3 is 1. The molecule has 1 atom stereocenters. The molecule has 0 aliphatic carbocycles. The molecular formula is C16H27NO2. The standard InChI is InChI=1S/C16H27NO2/c1-6-11-17-15(16(2,3)4)12-19-14-9-7-13(18-5)8-10-14/h7-10,15,17H,6,11-12H2,1-5H3. The molecule has 3 heteroatoms. The molecule has 0 heterocycles. The van der Waals surface area contributed by atoms with Crippen molar-refractivity contribution in [1.82, 2.24) is 5.32 Å². The summed E-state index contributed by atoms with van der Waals surface area (Å²) in [4.78, 5) is 0. The van der Waals surface area contributed by atoms with E-state index in [1.165, 1.54) is 0 Å². The van der Waals surface area contributed by atoms with Gasteiger partial charge in [-0.25, -0.2) is 0 Å². The highest BCUT2D eigenvalue weighted by Gasteiger charge is 2.24. The molecule has 0 aliphatic heterocycles. The number of hydrogen-bond donors (Lipinski definition) is 1. The zero-order valence-corrected chi connectivity index (χ0v) is 12.8. The quantitative estimate of drug-likeness (QED) is 0.818. The number of hydrogen-bond acceptors (Lipinski definition) is 3. The summed E-state index contributed by atoms with van der Waals surface area (Å²) in [6.07, 6.45) is 1.13. The van der Waals surface area contributed by atoms with Gasteiger partial charge in [0.1, 0.15) is 18.1 Å². The van der Waals surface area contributed by atoms with Crippen molar-refractivity contribution in [2.45, 2.75) is 40.2 Å². The highest BCUT2D eigenvalue weighted by molar-refractivity contribution is 5.31. The van der Waals surface area contributed by atoms with E-state index in [9.17, 15) is 0 Å². The lowest BCUT2D eigenvalue weighted by atomic mass is 9.87. The largest absolute Gasteiger partial charge is 0.497 e. The monoisotopic (exact) mass is 265 g/mol. The SMILES string of the molecule is CCCNC(COc1ccc(OC)cc1)C(C)(C)C. The van der Waals surface area contributed by atoms with Gasteiger partial charge in [0.05, 0.1) is 7.11 Å². The number of rotatable bonds is 7. The van der Waals surface area contributed by atoms with Crippen molar-refractivity contribution in [2.75, 3.05) is 20.3 Å². The minimum atomic E-state index is 0.182. The highest BCUT2D eigenvalue weighted by Crippen LogP contribution is 2.22. The van der Waals surface area contributed by atoms with Gasteiger partial charge in [-0.2, -0.15) is 0 Å². The fraction of sp³-hybridized carbons (Fsp3) is 0.625. The first-order valence-corrected chi connectivity index (χ1v) is 6.97. The van der Waals surface area contributed by atoms with Crippen LogP contribution in [0.3, 0.4) is 0 Å². The minimum absolute atomic E-state index is 0.182. The van der Waals surface area contributed by atoms with Crippen molar-refractivity contribution in [3.8, 4) is 11.5 Å². The van der Waals surface area contributed by atoms with Crippen LogP contribution in [-0.4, -0.2) is 26.3 Å². The fourth-order valence-electron chi connectivity index (χ4n) is 1.79. The highest BCUT2D eigenvalue weighted by atomic mass is 16.5. The number of benzene rings is 1. The van der Waals surface area contributed by atoms with E-state index in [1.54, 1.807) is 7.11 Å². The Morgan fingerprint density at radius 3 is 2.16 bits per heavy atom. The summed E-state index contributed by atoms with van der Waals surface area (Å²) >= 11 is 0. The topological polar surface area (TPSA) is 30.5 Å². The van der Waals surface area contributed by atoms with Crippen LogP contribution in [0.15, 0.2) is 24.3 Å². The molecule has 3 nitrogen and oxygen atoms in total. The summed E-state index contributed by atoms with van der Waals surface area (Å²) in [7, 11) is 1.67. The third-order valence-electron chi connectivity index (χ3n) is 3.16. The molecule has 1 aromatic rings. The number of ether oxygens (including phenoxy) is 2. The molecule has 0 saturated heterocycles. The predicted molar refractivity (Wildman–Crippen MR) is 80.0 cm³/mol. The smallest absolute Gasteiger partial charge is 0.119 e. The first-order valence-electron chi connectivity index (χ1n) is 6.97. The van der Waals surface area contributed by atoms with Gasteiger partial charge in [0, 0.05) is 6.04 Å². The predicted octanol–water partition coefficient (Wildman–Crippen LogP) is 3.49. The van der Waals surface area contributed by atoms with Gasteiger partial charge in [-0.05, 0) is 42.6 Å². The zero-order chi connectivity index (χ0) is 14.3. The molecule has 19 heavy (non-hydrogen) atoms. The second-order valence-electron chi connectivity index (χ2n) is 5.86. The second-order valence-corrected chi connectivity index (χ2v) is 5.86. The first kappa shape index (κ1) is 15.8. The molecule has 0 aromatic heterocycles. The van der Waals surface area contributed by atoms with Crippen LogP contribution in [0.2, 0.25) is 0 Å².